The zero-order valence-electron chi connectivity index (χ0n) is 18.7. The number of urea groups is 1. The molecule has 2 amide bonds. The fraction of sp³-hybridized carbons (Fsp3) is 0.179. The van der Waals surface area contributed by atoms with Crippen molar-refractivity contribution in [1.29, 1.82) is 0 Å². The van der Waals surface area contributed by atoms with Crippen molar-refractivity contribution in [3.05, 3.63) is 119 Å². The first-order valence-electron chi connectivity index (χ1n) is 11.0. The van der Waals surface area contributed by atoms with Gasteiger partial charge in [-0.2, -0.15) is 0 Å². The van der Waals surface area contributed by atoms with E-state index in [1.54, 1.807) is 0 Å². The number of para-hydroxylation sites is 1. The molecule has 0 unspecified atom stereocenters. The number of amides is 2. The molecule has 4 heteroatoms. The van der Waals surface area contributed by atoms with Gasteiger partial charge in [0, 0.05) is 17.6 Å². The molecule has 1 aromatic heterocycles. The lowest BCUT2D eigenvalue weighted by atomic mass is 9.97. The third kappa shape index (κ3) is 3.38. The van der Waals surface area contributed by atoms with Crippen molar-refractivity contribution in [2.75, 3.05) is 5.32 Å². The van der Waals surface area contributed by atoms with Gasteiger partial charge in [-0.05, 0) is 72.9 Å². The smallest absolute Gasteiger partial charge is 0.318 e. The standard InChI is InChI=1S/C28H27N3O/c1-19-11-8-14-24(21(19)3)29-28(32)31-18-22-12-5-7-15-25(22)30-17-9-16-26(30)27(31)23-13-6-4-10-20(23)2/h4-17,27H,18H2,1-3H3,(H,29,32)/t27-/m1/s1. The van der Waals surface area contributed by atoms with Crippen LogP contribution in [0.15, 0.2) is 85.1 Å². The number of benzene rings is 3. The first-order chi connectivity index (χ1) is 15.5. The number of carbonyl (C=O) groups is 1. The zero-order chi connectivity index (χ0) is 22.2. The molecule has 3 aromatic carbocycles. The van der Waals surface area contributed by atoms with E-state index >= 15 is 0 Å². The number of aryl methyl sites for hydroxylation is 2. The van der Waals surface area contributed by atoms with E-state index < -0.39 is 0 Å². The molecule has 5 rings (SSSR count). The number of aromatic nitrogens is 1. The second-order valence-electron chi connectivity index (χ2n) is 8.50. The average Bonchev–Trinajstić information content (AvgIpc) is 3.22. The number of hydrogen-bond acceptors (Lipinski definition) is 1. The maximum absolute atomic E-state index is 13.8. The van der Waals surface area contributed by atoms with Crippen LogP contribution in [-0.4, -0.2) is 15.5 Å². The Bertz CT molecular complexity index is 1300. The first kappa shape index (κ1) is 20.1. The summed E-state index contributed by atoms with van der Waals surface area (Å²) in [4.78, 5) is 15.8. The van der Waals surface area contributed by atoms with E-state index in [4.69, 9.17) is 0 Å². The Morgan fingerprint density at radius 3 is 2.44 bits per heavy atom. The van der Waals surface area contributed by atoms with E-state index in [-0.39, 0.29) is 12.1 Å². The molecule has 4 nitrogen and oxygen atoms in total. The number of nitrogens with one attached hydrogen (secondary N) is 1. The molecular weight excluding hydrogens is 394 g/mol. The van der Waals surface area contributed by atoms with Crippen molar-refractivity contribution in [3.8, 4) is 5.69 Å². The summed E-state index contributed by atoms with van der Waals surface area (Å²) >= 11 is 0. The molecule has 2 heterocycles. The third-order valence-electron chi connectivity index (χ3n) is 6.55. The molecule has 1 N–H and O–H groups in total. The van der Waals surface area contributed by atoms with Gasteiger partial charge < -0.3 is 14.8 Å². The minimum atomic E-state index is -0.205. The molecule has 0 saturated carbocycles. The minimum absolute atomic E-state index is 0.101. The molecular formula is C28H27N3O. The fourth-order valence-corrected chi connectivity index (χ4v) is 4.63. The topological polar surface area (TPSA) is 37.3 Å². The summed E-state index contributed by atoms with van der Waals surface area (Å²) in [7, 11) is 0. The first-order valence-corrected chi connectivity index (χ1v) is 11.0. The molecule has 0 saturated heterocycles. The lowest BCUT2D eigenvalue weighted by molar-refractivity contribution is 0.194. The van der Waals surface area contributed by atoms with Gasteiger partial charge in [-0.3, -0.25) is 0 Å². The molecule has 32 heavy (non-hydrogen) atoms. The summed E-state index contributed by atoms with van der Waals surface area (Å²) in [5.74, 6) is 0. The van der Waals surface area contributed by atoms with Crippen molar-refractivity contribution in [3.63, 3.8) is 0 Å². The maximum atomic E-state index is 13.8. The van der Waals surface area contributed by atoms with Gasteiger partial charge in [0.1, 0.15) is 6.04 Å². The van der Waals surface area contributed by atoms with Crippen molar-refractivity contribution >= 4 is 11.7 Å². The molecule has 0 spiro atoms. The predicted molar refractivity (Wildman–Crippen MR) is 129 cm³/mol. The highest BCUT2D eigenvalue weighted by molar-refractivity contribution is 5.91. The van der Waals surface area contributed by atoms with E-state index in [1.807, 2.05) is 36.1 Å². The fourth-order valence-electron chi connectivity index (χ4n) is 4.63. The van der Waals surface area contributed by atoms with Crippen LogP contribution in [0, 0.1) is 20.8 Å². The molecule has 1 aliphatic heterocycles. The Morgan fingerprint density at radius 2 is 1.59 bits per heavy atom. The van der Waals surface area contributed by atoms with Crippen LogP contribution >= 0.6 is 0 Å². The highest BCUT2D eigenvalue weighted by Gasteiger charge is 2.33. The van der Waals surface area contributed by atoms with Crippen LogP contribution in [0.2, 0.25) is 0 Å². The van der Waals surface area contributed by atoms with Gasteiger partial charge in [-0.1, -0.05) is 54.6 Å². The van der Waals surface area contributed by atoms with Crippen LogP contribution in [0.3, 0.4) is 0 Å². The highest BCUT2D eigenvalue weighted by Crippen LogP contribution is 2.38. The highest BCUT2D eigenvalue weighted by atomic mass is 16.2. The van der Waals surface area contributed by atoms with E-state index in [1.165, 1.54) is 5.56 Å². The lowest BCUT2D eigenvalue weighted by Crippen LogP contribution is -2.38. The quantitative estimate of drug-likeness (QED) is 0.392. The molecule has 0 fully saturated rings. The van der Waals surface area contributed by atoms with E-state index in [0.29, 0.717) is 6.54 Å². The summed E-state index contributed by atoms with van der Waals surface area (Å²) in [5.41, 5.74) is 8.73. The van der Waals surface area contributed by atoms with E-state index in [0.717, 1.165) is 39.3 Å². The second-order valence-corrected chi connectivity index (χ2v) is 8.50. The summed E-state index contributed by atoms with van der Waals surface area (Å²) in [5, 5.41) is 3.20. The number of rotatable bonds is 2. The number of carbonyl (C=O) groups excluding carboxylic acids is 1. The number of anilines is 1. The third-order valence-corrected chi connectivity index (χ3v) is 6.55. The number of nitrogens with zero attached hydrogens (tertiary/aromatic N) is 2. The van der Waals surface area contributed by atoms with Gasteiger partial charge in [0.05, 0.1) is 12.2 Å². The molecule has 0 bridgehead atoms. The second kappa shape index (κ2) is 8.04. The van der Waals surface area contributed by atoms with Crippen LogP contribution < -0.4 is 5.32 Å². The van der Waals surface area contributed by atoms with E-state index in [2.05, 4.69) is 84.5 Å². The Morgan fingerprint density at radius 1 is 0.844 bits per heavy atom. The molecule has 4 aromatic rings. The van der Waals surface area contributed by atoms with Crippen molar-refractivity contribution in [2.45, 2.75) is 33.4 Å². The summed E-state index contributed by atoms with van der Waals surface area (Å²) < 4.78 is 2.22. The number of fused-ring (bicyclic) bond motifs is 3. The monoisotopic (exact) mass is 421 g/mol. The van der Waals surface area contributed by atoms with Crippen molar-refractivity contribution in [2.24, 2.45) is 0 Å². The number of hydrogen-bond donors (Lipinski definition) is 1. The largest absolute Gasteiger partial charge is 0.322 e. The van der Waals surface area contributed by atoms with E-state index in [9.17, 15) is 4.79 Å². The van der Waals surface area contributed by atoms with Gasteiger partial charge in [0.15, 0.2) is 0 Å². The maximum Gasteiger partial charge on any atom is 0.322 e. The Hall–Kier alpha value is -3.79. The zero-order valence-corrected chi connectivity index (χ0v) is 18.7. The Labute approximate surface area is 189 Å². The minimum Gasteiger partial charge on any atom is -0.318 e. The van der Waals surface area contributed by atoms with Crippen LogP contribution in [0.5, 0.6) is 0 Å². The van der Waals surface area contributed by atoms with Gasteiger partial charge >= 0.3 is 6.03 Å². The van der Waals surface area contributed by atoms with Crippen molar-refractivity contribution in [1.82, 2.24) is 9.47 Å². The molecule has 160 valence electrons. The molecule has 0 radical (unpaired) electrons. The Kier molecular flexibility index (Phi) is 5.06. The van der Waals surface area contributed by atoms with Crippen LogP contribution in [0.1, 0.15) is 39.6 Å². The van der Waals surface area contributed by atoms with Gasteiger partial charge in [-0.25, -0.2) is 4.79 Å². The predicted octanol–water partition coefficient (Wildman–Crippen LogP) is 6.54. The summed E-state index contributed by atoms with van der Waals surface area (Å²) in [6.07, 6.45) is 2.09. The normalized spacial score (nSPS) is 15.0. The molecule has 1 atom stereocenters. The van der Waals surface area contributed by atoms with Crippen LogP contribution in [0.4, 0.5) is 10.5 Å². The van der Waals surface area contributed by atoms with Gasteiger partial charge in [0.2, 0.25) is 0 Å². The molecule has 1 aliphatic rings. The van der Waals surface area contributed by atoms with Gasteiger partial charge in [0.25, 0.3) is 0 Å². The summed E-state index contributed by atoms with van der Waals surface area (Å²) in [6, 6.07) is 26.6. The van der Waals surface area contributed by atoms with Crippen LogP contribution in [0.25, 0.3) is 5.69 Å². The lowest BCUT2D eigenvalue weighted by Gasteiger charge is -2.32. The molecule has 0 aliphatic carbocycles. The Balaban J connectivity index is 1.66. The average molecular weight is 422 g/mol. The van der Waals surface area contributed by atoms with Crippen LogP contribution in [-0.2, 0) is 6.54 Å². The summed E-state index contributed by atoms with van der Waals surface area (Å²) in [6.45, 7) is 6.75. The SMILES string of the molecule is Cc1ccccc1[C@@H]1c2cccn2-c2ccccc2CN1C(=O)Nc1cccc(C)c1C. The van der Waals surface area contributed by atoms with Gasteiger partial charge in [-0.15, -0.1) is 0 Å². The van der Waals surface area contributed by atoms with Crippen molar-refractivity contribution < 1.29 is 4.79 Å².